The fraction of sp³-hybridized carbons (Fsp3) is 0.0500. The van der Waals surface area contributed by atoms with Gasteiger partial charge in [0.15, 0.2) is 5.82 Å². The van der Waals surface area contributed by atoms with E-state index in [0.717, 1.165) is 33.1 Å². The average molecular weight is 366 g/mol. The Kier molecular flexibility index (Phi) is 3.97. The van der Waals surface area contributed by atoms with Crippen molar-refractivity contribution < 1.29 is 14.7 Å². The van der Waals surface area contributed by atoms with E-state index in [9.17, 15) is 14.7 Å². The van der Waals surface area contributed by atoms with Crippen LogP contribution in [0, 0.1) is 12.7 Å². The van der Waals surface area contributed by atoms with E-state index in [1.807, 2.05) is 42.6 Å². The van der Waals surface area contributed by atoms with E-state index < -0.39 is 5.82 Å². The minimum atomic E-state index is -0.534. The minimum absolute atomic E-state index is 0.131. The number of oxime groups is 1. The molecule has 0 unspecified atom stereocenters. The van der Waals surface area contributed by atoms with Gasteiger partial charge in [-0.05, 0) is 42.1 Å². The number of fused-ring (bicyclic) bond motifs is 1. The quantitative estimate of drug-likeness (QED) is 0.293. The lowest BCUT2D eigenvalue weighted by atomic mass is 10.1. The summed E-state index contributed by atoms with van der Waals surface area (Å²) in [5.41, 5.74) is 3.61. The minimum Gasteiger partial charge on any atom is -0.508 e. The van der Waals surface area contributed by atoms with Gasteiger partial charge in [0.1, 0.15) is 5.75 Å². The van der Waals surface area contributed by atoms with Crippen LogP contribution < -0.4 is 0 Å². The molecule has 0 amide bonds. The number of aromatic nitrogens is 1. The third kappa shape index (κ3) is 2.46. The molecule has 0 radical (unpaired) electrons. The van der Waals surface area contributed by atoms with E-state index in [0.29, 0.717) is 11.3 Å². The molecular weight excluding hydrogens is 351 g/mol. The van der Waals surface area contributed by atoms with E-state index in [1.54, 1.807) is 10.6 Å². The molecule has 4 rings (SSSR count). The summed E-state index contributed by atoms with van der Waals surface area (Å²) in [6, 6.07) is 13.7. The first-order chi connectivity index (χ1) is 12.6. The molecule has 0 aliphatic heterocycles. The number of hydrogen-bond donors (Lipinski definition) is 2. The highest BCUT2D eigenvalue weighted by molar-refractivity contribution is 7.13. The van der Waals surface area contributed by atoms with Crippen molar-refractivity contribution in [2.75, 3.05) is 0 Å². The number of aryl methyl sites for hydroxylation is 1. The van der Waals surface area contributed by atoms with Gasteiger partial charge < -0.3 is 14.9 Å². The van der Waals surface area contributed by atoms with Crippen LogP contribution in [0.4, 0.5) is 4.39 Å². The van der Waals surface area contributed by atoms with Gasteiger partial charge in [0, 0.05) is 17.0 Å². The lowest BCUT2D eigenvalue weighted by Crippen LogP contribution is -2.01. The second-order valence-electron chi connectivity index (χ2n) is 5.93. The fourth-order valence-corrected chi connectivity index (χ4v) is 4.19. The molecule has 2 N–H and O–H groups in total. The first kappa shape index (κ1) is 16.4. The fourth-order valence-electron chi connectivity index (χ4n) is 3.22. The van der Waals surface area contributed by atoms with Crippen molar-refractivity contribution in [2.24, 2.45) is 5.16 Å². The zero-order chi connectivity index (χ0) is 18.3. The average Bonchev–Trinajstić information content (AvgIpc) is 3.17. The van der Waals surface area contributed by atoms with Crippen molar-refractivity contribution in [3.63, 3.8) is 0 Å². The van der Waals surface area contributed by atoms with E-state index in [2.05, 4.69) is 5.16 Å². The van der Waals surface area contributed by atoms with E-state index in [-0.39, 0.29) is 5.75 Å². The normalized spacial score (nSPS) is 11.6. The smallest absolute Gasteiger partial charge is 0.150 e. The van der Waals surface area contributed by atoms with Gasteiger partial charge in [-0.2, -0.15) is 0 Å². The lowest BCUT2D eigenvalue weighted by Gasteiger charge is -2.13. The number of hydrogen-bond acceptors (Lipinski definition) is 4. The Hall–Kier alpha value is -3.12. The van der Waals surface area contributed by atoms with Crippen LogP contribution >= 0.6 is 11.3 Å². The molecule has 130 valence electrons. The molecule has 6 heteroatoms. The van der Waals surface area contributed by atoms with Gasteiger partial charge in [0.25, 0.3) is 0 Å². The summed E-state index contributed by atoms with van der Waals surface area (Å²) >= 11 is 1.54. The Labute approximate surface area is 153 Å². The molecule has 0 saturated heterocycles. The summed E-state index contributed by atoms with van der Waals surface area (Å²) in [6.45, 7) is 1.99. The third-order valence-corrected chi connectivity index (χ3v) is 5.37. The molecule has 4 aromatic rings. The molecule has 26 heavy (non-hydrogen) atoms. The van der Waals surface area contributed by atoms with Crippen molar-refractivity contribution in [1.82, 2.24) is 4.57 Å². The number of halogens is 1. The molecule has 2 heterocycles. The summed E-state index contributed by atoms with van der Waals surface area (Å²) in [6.07, 6.45) is 1.38. The lowest BCUT2D eigenvalue weighted by molar-refractivity contribution is 0.322. The molecule has 0 atom stereocenters. The Morgan fingerprint density at radius 3 is 2.65 bits per heavy atom. The van der Waals surface area contributed by atoms with Gasteiger partial charge in [-0.1, -0.05) is 23.4 Å². The van der Waals surface area contributed by atoms with E-state index in [1.165, 1.54) is 23.6 Å². The monoisotopic (exact) mass is 366 g/mol. The van der Waals surface area contributed by atoms with Gasteiger partial charge >= 0.3 is 0 Å². The summed E-state index contributed by atoms with van der Waals surface area (Å²) in [7, 11) is 0. The zero-order valence-corrected chi connectivity index (χ0v) is 14.7. The summed E-state index contributed by atoms with van der Waals surface area (Å²) in [5, 5.41) is 24.8. The van der Waals surface area contributed by atoms with Gasteiger partial charge in [-0.15, -0.1) is 11.3 Å². The maximum atomic E-state index is 14.7. The van der Waals surface area contributed by atoms with Crippen LogP contribution in [0.2, 0.25) is 0 Å². The van der Waals surface area contributed by atoms with E-state index in [4.69, 9.17) is 0 Å². The topological polar surface area (TPSA) is 57.8 Å². The molecule has 0 aliphatic rings. The number of phenols is 1. The highest BCUT2D eigenvalue weighted by Crippen LogP contribution is 2.40. The maximum Gasteiger partial charge on any atom is 0.150 e. The summed E-state index contributed by atoms with van der Waals surface area (Å²) in [5.74, 6) is -0.664. The highest BCUT2D eigenvalue weighted by Gasteiger charge is 2.22. The second-order valence-corrected chi connectivity index (χ2v) is 6.84. The third-order valence-electron chi connectivity index (χ3n) is 4.35. The molecule has 0 bridgehead atoms. The molecule has 0 fully saturated rings. The molecule has 2 aromatic heterocycles. The van der Waals surface area contributed by atoms with Crippen molar-refractivity contribution in [1.29, 1.82) is 0 Å². The van der Waals surface area contributed by atoms with Crippen LogP contribution in [0.3, 0.4) is 0 Å². The van der Waals surface area contributed by atoms with Crippen LogP contribution in [-0.2, 0) is 0 Å². The van der Waals surface area contributed by atoms with Crippen LogP contribution in [-0.4, -0.2) is 21.1 Å². The maximum absolute atomic E-state index is 14.7. The first-order valence-corrected chi connectivity index (χ1v) is 8.84. The van der Waals surface area contributed by atoms with Crippen molar-refractivity contribution >= 4 is 28.5 Å². The summed E-state index contributed by atoms with van der Waals surface area (Å²) in [4.78, 5) is 0.962. The first-order valence-electron chi connectivity index (χ1n) is 7.96. The van der Waals surface area contributed by atoms with Gasteiger partial charge in [0.05, 0.1) is 28.0 Å². The van der Waals surface area contributed by atoms with Crippen LogP contribution in [0.1, 0.15) is 11.1 Å². The Morgan fingerprint density at radius 1 is 1.15 bits per heavy atom. The van der Waals surface area contributed by atoms with Crippen molar-refractivity contribution in [2.45, 2.75) is 6.92 Å². The Balaban J connectivity index is 2.19. The van der Waals surface area contributed by atoms with Crippen LogP contribution in [0.25, 0.3) is 27.2 Å². The summed E-state index contributed by atoms with van der Waals surface area (Å²) < 4.78 is 16.5. The number of aromatic hydroxyl groups is 1. The number of benzene rings is 2. The molecule has 2 aromatic carbocycles. The Morgan fingerprint density at radius 2 is 1.96 bits per heavy atom. The van der Waals surface area contributed by atoms with Crippen molar-refractivity contribution in [3.05, 3.63) is 70.9 Å². The largest absolute Gasteiger partial charge is 0.508 e. The highest BCUT2D eigenvalue weighted by atomic mass is 32.1. The van der Waals surface area contributed by atoms with Gasteiger partial charge in [-0.25, -0.2) is 4.39 Å². The molecule has 0 spiro atoms. The number of thiophene rings is 1. The zero-order valence-electron chi connectivity index (χ0n) is 13.8. The second kappa shape index (κ2) is 6.31. The van der Waals surface area contributed by atoms with Crippen LogP contribution in [0.15, 0.2) is 59.1 Å². The predicted molar refractivity (Wildman–Crippen MR) is 102 cm³/mol. The molecule has 0 aliphatic carbocycles. The SMILES string of the molecule is Cc1ccsc1-c1c(C=NO)c2ccccc2n1-c1ccc(O)cc1F. The Bertz CT molecular complexity index is 1140. The number of nitrogens with zero attached hydrogens (tertiary/aromatic N) is 2. The van der Waals surface area contributed by atoms with E-state index >= 15 is 0 Å². The molecule has 0 saturated carbocycles. The van der Waals surface area contributed by atoms with Gasteiger partial charge in [-0.3, -0.25) is 0 Å². The van der Waals surface area contributed by atoms with Gasteiger partial charge in [0.2, 0.25) is 0 Å². The van der Waals surface area contributed by atoms with Crippen molar-refractivity contribution in [3.8, 4) is 22.0 Å². The number of phenolic OH excluding ortho intramolecular Hbond substituents is 1. The number of rotatable bonds is 3. The van der Waals surface area contributed by atoms with Crippen LogP contribution in [0.5, 0.6) is 5.75 Å². The standard InChI is InChI=1S/C20H15FN2O2S/c1-12-8-9-26-20(12)19-15(11-22-25)14-4-2-3-5-17(14)23(19)18-7-6-13(24)10-16(18)21/h2-11,24-25H,1H3. The molecule has 4 nitrogen and oxygen atoms in total. The predicted octanol–water partition coefficient (Wildman–Crippen LogP) is 5.32. The molecular formula is C20H15FN2O2S. The number of para-hydroxylation sites is 1.